The summed E-state index contributed by atoms with van der Waals surface area (Å²) in [5.74, 6) is -0.329. The molecule has 0 aromatic carbocycles. The van der Waals surface area contributed by atoms with E-state index in [1.54, 1.807) is 0 Å². The monoisotopic (exact) mass is 171 g/mol. The van der Waals surface area contributed by atoms with E-state index in [-0.39, 0.29) is 6.42 Å². The summed E-state index contributed by atoms with van der Waals surface area (Å²) in [5, 5.41) is 8.67. The molecule has 0 saturated heterocycles. The van der Waals surface area contributed by atoms with Crippen LogP contribution in [0.2, 0.25) is 0 Å². The number of carboxylic acids is 1. The summed E-state index contributed by atoms with van der Waals surface area (Å²) >= 11 is 0. The Balaban J connectivity index is 2.53. The third kappa shape index (κ3) is 1.78. The molecule has 0 spiro atoms. The predicted octanol–water partition coefficient (Wildman–Crippen LogP) is 1.37. The van der Waals surface area contributed by atoms with Gasteiger partial charge in [0.05, 0.1) is 6.42 Å². The van der Waals surface area contributed by atoms with E-state index in [9.17, 15) is 4.79 Å². The molecule has 0 heterocycles. The van der Waals surface area contributed by atoms with Gasteiger partial charge in [0.25, 0.3) is 0 Å². The summed E-state index contributed by atoms with van der Waals surface area (Å²) in [5.41, 5.74) is 5.58. The Kier molecular flexibility index (Phi) is 2.73. The van der Waals surface area contributed by atoms with Gasteiger partial charge in [-0.05, 0) is 25.2 Å². The SMILES string of the molecule is CCC(N)(CC(=O)O)C1CCC1. The van der Waals surface area contributed by atoms with Gasteiger partial charge >= 0.3 is 5.97 Å². The smallest absolute Gasteiger partial charge is 0.305 e. The van der Waals surface area contributed by atoms with Crippen LogP contribution in [0.25, 0.3) is 0 Å². The molecule has 70 valence electrons. The molecule has 1 atom stereocenters. The van der Waals surface area contributed by atoms with Crippen LogP contribution in [-0.4, -0.2) is 16.6 Å². The molecule has 0 radical (unpaired) electrons. The molecular weight excluding hydrogens is 154 g/mol. The lowest BCUT2D eigenvalue weighted by Crippen LogP contribution is -2.50. The third-order valence-electron chi connectivity index (χ3n) is 3.06. The fraction of sp³-hybridized carbons (Fsp3) is 0.889. The zero-order valence-electron chi connectivity index (χ0n) is 7.55. The average Bonchev–Trinajstić information content (AvgIpc) is 1.81. The van der Waals surface area contributed by atoms with Gasteiger partial charge in [-0.15, -0.1) is 0 Å². The summed E-state index contributed by atoms with van der Waals surface area (Å²) in [4.78, 5) is 10.5. The first-order valence-corrected chi connectivity index (χ1v) is 4.59. The van der Waals surface area contributed by atoms with Gasteiger partial charge in [0.2, 0.25) is 0 Å². The van der Waals surface area contributed by atoms with Crippen molar-refractivity contribution >= 4 is 5.97 Å². The summed E-state index contributed by atoms with van der Waals surface area (Å²) in [6.45, 7) is 1.97. The van der Waals surface area contributed by atoms with E-state index >= 15 is 0 Å². The molecule has 1 saturated carbocycles. The lowest BCUT2D eigenvalue weighted by atomic mass is 9.68. The van der Waals surface area contributed by atoms with E-state index in [4.69, 9.17) is 10.8 Å². The Hall–Kier alpha value is -0.570. The molecule has 1 rings (SSSR count). The second-order valence-electron chi connectivity index (χ2n) is 3.79. The molecule has 0 aromatic heterocycles. The summed E-state index contributed by atoms with van der Waals surface area (Å²) in [7, 11) is 0. The Morgan fingerprint density at radius 1 is 1.67 bits per heavy atom. The highest BCUT2D eigenvalue weighted by Gasteiger charge is 2.38. The van der Waals surface area contributed by atoms with Gasteiger partial charge in [0.15, 0.2) is 0 Å². The normalized spacial score (nSPS) is 22.8. The second kappa shape index (κ2) is 3.44. The molecule has 12 heavy (non-hydrogen) atoms. The van der Waals surface area contributed by atoms with E-state index in [2.05, 4.69) is 0 Å². The van der Waals surface area contributed by atoms with Gasteiger partial charge < -0.3 is 10.8 Å². The van der Waals surface area contributed by atoms with Crippen LogP contribution in [0.3, 0.4) is 0 Å². The average molecular weight is 171 g/mol. The maximum atomic E-state index is 10.5. The first-order valence-electron chi connectivity index (χ1n) is 4.59. The zero-order valence-corrected chi connectivity index (χ0v) is 7.55. The Labute approximate surface area is 72.9 Å². The standard InChI is InChI=1S/C9H17NO2/c1-2-9(10,6-8(11)12)7-4-3-5-7/h7H,2-6,10H2,1H3,(H,11,12). The minimum Gasteiger partial charge on any atom is -0.481 e. The van der Waals surface area contributed by atoms with Crippen molar-refractivity contribution in [1.82, 2.24) is 0 Å². The molecule has 1 aliphatic rings. The van der Waals surface area contributed by atoms with Crippen LogP contribution in [0.5, 0.6) is 0 Å². The van der Waals surface area contributed by atoms with Crippen LogP contribution in [0.4, 0.5) is 0 Å². The topological polar surface area (TPSA) is 63.3 Å². The van der Waals surface area contributed by atoms with Gasteiger partial charge in [-0.1, -0.05) is 13.3 Å². The first kappa shape index (κ1) is 9.52. The molecule has 1 unspecified atom stereocenters. The van der Waals surface area contributed by atoms with E-state index in [1.807, 2.05) is 6.92 Å². The number of nitrogens with two attached hydrogens (primary N) is 1. The van der Waals surface area contributed by atoms with Crippen molar-refractivity contribution in [3.8, 4) is 0 Å². The second-order valence-corrected chi connectivity index (χ2v) is 3.79. The Bertz CT molecular complexity index is 177. The Morgan fingerprint density at radius 3 is 2.50 bits per heavy atom. The van der Waals surface area contributed by atoms with Crippen LogP contribution in [-0.2, 0) is 4.79 Å². The number of hydrogen-bond acceptors (Lipinski definition) is 2. The van der Waals surface area contributed by atoms with Crippen LogP contribution in [0.1, 0.15) is 39.0 Å². The van der Waals surface area contributed by atoms with Crippen LogP contribution in [0, 0.1) is 5.92 Å². The van der Waals surface area contributed by atoms with Crippen LogP contribution < -0.4 is 5.73 Å². The predicted molar refractivity (Wildman–Crippen MR) is 46.8 cm³/mol. The lowest BCUT2D eigenvalue weighted by molar-refractivity contribution is -0.139. The minimum absolute atomic E-state index is 0.119. The van der Waals surface area contributed by atoms with Crippen molar-refractivity contribution in [1.29, 1.82) is 0 Å². The van der Waals surface area contributed by atoms with Crippen molar-refractivity contribution in [2.75, 3.05) is 0 Å². The molecule has 3 heteroatoms. The highest BCUT2D eigenvalue weighted by Crippen LogP contribution is 2.38. The largest absolute Gasteiger partial charge is 0.481 e. The maximum Gasteiger partial charge on any atom is 0.305 e. The molecule has 0 amide bonds. The summed E-state index contributed by atoms with van der Waals surface area (Å²) < 4.78 is 0. The number of rotatable bonds is 4. The van der Waals surface area contributed by atoms with Gasteiger partial charge in [0, 0.05) is 5.54 Å². The lowest BCUT2D eigenvalue weighted by Gasteiger charge is -2.41. The number of carbonyl (C=O) groups is 1. The van der Waals surface area contributed by atoms with Gasteiger partial charge in [-0.3, -0.25) is 4.79 Å². The molecule has 0 aliphatic heterocycles. The molecule has 0 bridgehead atoms. The zero-order chi connectivity index (χ0) is 9.19. The van der Waals surface area contributed by atoms with Gasteiger partial charge in [-0.2, -0.15) is 0 Å². The molecule has 3 N–H and O–H groups in total. The van der Waals surface area contributed by atoms with Crippen molar-refractivity contribution in [2.24, 2.45) is 11.7 Å². The van der Waals surface area contributed by atoms with E-state index < -0.39 is 11.5 Å². The molecule has 3 nitrogen and oxygen atoms in total. The fourth-order valence-corrected chi connectivity index (χ4v) is 1.82. The number of carboxylic acid groups (broad SMARTS) is 1. The van der Waals surface area contributed by atoms with E-state index in [1.165, 1.54) is 6.42 Å². The van der Waals surface area contributed by atoms with Crippen molar-refractivity contribution in [2.45, 2.75) is 44.6 Å². The molecule has 1 fully saturated rings. The van der Waals surface area contributed by atoms with Gasteiger partial charge in [-0.25, -0.2) is 0 Å². The summed E-state index contributed by atoms with van der Waals surface area (Å²) in [6.07, 6.45) is 4.32. The highest BCUT2D eigenvalue weighted by molar-refractivity contribution is 5.68. The van der Waals surface area contributed by atoms with Crippen molar-refractivity contribution in [3.63, 3.8) is 0 Å². The summed E-state index contributed by atoms with van der Waals surface area (Å²) in [6, 6.07) is 0. The maximum absolute atomic E-state index is 10.5. The van der Waals surface area contributed by atoms with Gasteiger partial charge in [0.1, 0.15) is 0 Å². The van der Waals surface area contributed by atoms with Crippen molar-refractivity contribution < 1.29 is 9.90 Å². The fourth-order valence-electron chi connectivity index (χ4n) is 1.82. The Morgan fingerprint density at radius 2 is 2.25 bits per heavy atom. The molecular formula is C9H17NO2. The van der Waals surface area contributed by atoms with E-state index in [0.717, 1.165) is 19.3 Å². The number of hydrogen-bond donors (Lipinski definition) is 2. The van der Waals surface area contributed by atoms with Crippen molar-refractivity contribution in [3.05, 3.63) is 0 Å². The molecule has 0 aromatic rings. The third-order valence-corrected chi connectivity index (χ3v) is 3.06. The van der Waals surface area contributed by atoms with Crippen LogP contribution >= 0.6 is 0 Å². The van der Waals surface area contributed by atoms with E-state index in [0.29, 0.717) is 5.92 Å². The molecule has 1 aliphatic carbocycles. The minimum atomic E-state index is -0.772. The highest BCUT2D eigenvalue weighted by atomic mass is 16.4. The van der Waals surface area contributed by atoms with Crippen LogP contribution in [0.15, 0.2) is 0 Å². The quantitative estimate of drug-likeness (QED) is 0.671. The first-order chi connectivity index (χ1) is 5.58. The number of aliphatic carboxylic acids is 1.